The second-order valence-corrected chi connectivity index (χ2v) is 5.80. The molecule has 0 radical (unpaired) electrons. The van der Waals surface area contributed by atoms with E-state index in [0.29, 0.717) is 6.42 Å². The number of rotatable bonds is 4. The second kappa shape index (κ2) is 6.06. The third kappa shape index (κ3) is 2.94. The Morgan fingerprint density at radius 1 is 1.25 bits per heavy atom. The number of aliphatic hydroxyl groups excluding tert-OH is 1. The predicted molar refractivity (Wildman–Crippen MR) is 82.7 cm³/mol. The summed E-state index contributed by atoms with van der Waals surface area (Å²) >= 11 is 3.56. The number of halogens is 1. The van der Waals surface area contributed by atoms with Gasteiger partial charge >= 0.3 is 0 Å². The minimum absolute atomic E-state index is 0.529. The van der Waals surface area contributed by atoms with Crippen LogP contribution in [0.1, 0.15) is 41.4 Å². The summed E-state index contributed by atoms with van der Waals surface area (Å²) in [6.07, 6.45) is -0.0401. The van der Waals surface area contributed by atoms with Gasteiger partial charge in [0.2, 0.25) is 0 Å². The van der Waals surface area contributed by atoms with Crippen LogP contribution in [0.15, 0.2) is 16.6 Å². The van der Waals surface area contributed by atoms with Gasteiger partial charge in [-0.1, -0.05) is 6.07 Å². The lowest BCUT2D eigenvalue weighted by Crippen LogP contribution is -2.10. The maximum absolute atomic E-state index is 10.5. The van der Waals surface area contributed by atoms with Crippen molar-refractivity contribution in [3.8, 4) is 0 Å². The molecule has 1 N–H and O–H groups in total. The van der Waals surface area contributed by atoms with Crippen LogP contribution in [0.5, 0.6) is 0 Å². The highest BCUT2D eigenvalue weighted by Crippen LogP contribution is 2.27. The van der Waals surface area contributed by atoms with E-state index in [1.54, 1.807) is 0 Å². The van der Waals surface area contributed by atoms with Crippen LogP contribution < -0.4 is 0 Å². The summed E-state index contributed by atoms with van der Waals surface area (Å²) in [5.41, 5.74) is 4.70. The summed E-state index contributed by atoms with van der Waals surface area (Å²) in [7, 11) is 0. The standard InChI is InChI=1S/C15H20BrN3O/c1-5-19-13(15(16)11(4)18-19)8-14(20)12-7-6-9(2)17-10(12)3/h6-7,14,20H,5,8H2,1-4H3. The maximum Gasteiger partial charge on any atom is 0.0863 e. The van der Waals surface area contributed by atoms with Crippen LogP contribution in [0.25, 0.3) is 0 Å². The molecule has 0 spiro atoms. The molecule has 0 bridgehead atoms. The Morgan fingerprint density at radius 2 is 1.95 bits per heavy atom. The maximum atomic E-state index is 10.5. The molecule has 0 saturated carbocycles. The average molecular weight is 338 g/mol. The third-order valence-electron chi connectivity index (χ3n) is 3.46. The van der Waals surface area contributed by atoms with E-state index in [1.165, 1.54) is 0 Å². The molecule has 2 aromatic heterocycles. The minimum atomic E-state index is -0.569. The van der Waals surface area contributed by atoms with E-state index in [-0.39, 0.29) is 0 Å². The zero-order valence-corrected chi connectivity index (χ0v) is 13.9. The fraction of sp³-hybridized carbons (Fsp3) is 0.467. The lowest BCUT2D eigenvalue weighted by atomic mass is 10.0. The van der Waals surface area contributed by atoms with Crippen molar-refractivity contribution in [2.45, 2.75) is 46.8 Å². The number of aliphatic hydroxyl groups is 1. The molecule has 0 aromatic carbocycles. The highest BCUT2D eigenvalue weighted by atomic mass is 79.9. The van der Waals surface area contributed by atoms with Gasteiger partial charge < -0.3 is 5.11 Å². The van der Waals surface area contributed by atoms with Crippen molar-refractivity contribution in [3.05, 3.63) is 44.9 Å². The normalized spacial score (nSPS) is 12.7. The molecule has 1 atom stereocenters. The molecule has 2 rings (SSSR count). The molecule has 0 aliphatic carbocycles. The van der Waals surface area contributed by atoms with E-state index in [0.717, 1.165) is 39.4 Å². The number of aromatic nitrogens is 3. The van der Waals surface area contributed by atoms with Crippen molar-refractivity contribution < 1.29 is 5.11 Å². The molecule has 2 aromatic rings. The molecule has 0 aliphatic rings. The van der Waals surface area contributed by atoms with Gasteiger partial charge in [-0.2, -0.15) is 5.10 Å². The van der Waals surface area contributed by atoms with Gasteiger partial charge in [-0.15, -0.1) is 0 Å². The van der Waals surface area contributed by atoms with Crippen molar-refractivity contribution in [2.75, 3.05) is 0 Å². The Bertz CT molecular complexity index is 622. The molecule has 0 saturated heterocycles. The number of aryl methyl sites for hydroxylation is 4. The van der Waals surface area contributed by atoms with Gasteiger partial charge in [0, 0.05) is 29.9 Å². The molecular weight excluding hydrogens is 318 g/mol. The molecule has 0 amide bonds. The van der Waals surface area contributed by atoms with Crippen LogP contribution >= 0.6 is 15.9 Å². The van der Waals surface area contributed by atoms with Gasteiger partial charge in [0.25, 0.3) is 0 Å². The van der Waals surface area contributed by atoms with E-state index in [9.17, 15) is 5.11 Å². The SMILES string of the molecule is CCn1nc(C)c(Br)c1CC(O)c1ccc(C)nc1C. The lowest BCUT2D eigenvalue weighted by Gasteiger charge is -2.15. The summed E-state index contributed by atoms with van der Waals surface area (Å²) in [6, 6.07) is 3.89. The topological polar surface area (TPSA) is 50.9 Å². The van der Waals surface area contributed by atoms with Gasteiger partial charge in [-0.05, 0) is 49.7 Å². The number of pyridine rings is 1. The monoisotopic (exact) mass is 337 g/mol. The van der Waals surface area contributed by atoms with Crippen LogP contribution in [-0.2, 0) is 13.0 Å². The highest BCUT2D eigenvalue weighted by Gasteiger charge is 2.18. The number of nitrogens with zero attached hydrogens (tertiary/aromatic N) is 3. The summed E-state index contributed by atoms with van der Waals surface area (Å²) < 4.78 is 2.91. The molecule has 1 unspecified atom stereocenters. The van der Waals surface area contributed by atoms with E-state index in [1.807, 2.05) is 44.5 Å². The highest BCUT2D eigenvalue weighted by molar-refractivity contribution is 9.10. The van der Waals surface area contributed by atoms with Crippen molar-refractivity contribution in [1.82, 2.24) is 14.8 Å². The Hall–Kier alpha value is -1.20. The summed E-state index contributed by atoms with van der Waals surface area (Å²) in [6.45, 7) is 8.69. The molecule has 20 heavy (non-hydrogen) atoms. The van der Waals surface area contributed by atoms with Crippen LogP contribution in [0.4, 0.5) is 0 Å². The Morgan fingerprint density at radius 3 is 2.55 bits per heavy atom. The van der Waals surface area contributed by atoms with Gasteiger partial charge in [-0.25, -0.2) is 0 Å². The quantitative estimate of drug-likeness (QED) is 0.931. The first-order valence-corrected chi connectivity index (χ1v) is 7.57. The summed E-state index contributed by atoms with van der Waals surface area (Å²) in [4.78, 5) is 4.41. The van der Waals surface area contributed by atoms with Gasteiger partial charge in [0.05, 0.1) is 22.0 Å². The Kier molecular flexibility index (Phi) is 4.60. The molecule has 4 nitrogen and oxygen atoms in total. The van der Waals surface area contributed by atoms with Crippen molar-refractivity contribution in [1.29, 1.82) is 0 Å². The van der Waals surface area contributed by atoms with Crippen molar-refractivity contribution in [3.63, 3.8) is 0 Å². The predicted octanol–water partition coefficient (Wildman–Crippen LogP) is 3.26. The first-order valence-electron chi connectivity index (χ1n) is 6.78. The Balaban J connectivity index is 2.30. The fourth-order valence-corrected chi connectivity index (χ4v) is 2.85. The zero-order chi connectivity index (χ0) is 14.9. The summed E-state index contributed by atoms with van der Waals surface area (Å²) in [5.74, 6) is 0. The van der Waals surface area contributed by atoms with E-state index >= 15 is 0 Å². The smallest absolute Gasteiger partial charge is 0.0863 e. The molecular formula is C15H20BrN3O. The van der Waals surface area contributed by atoms with Gasteiger partial charge in [0.1, 0.15) is 0 Å². The Labute approximate surface area is 128 Å². The number of hydrogen-bond donors (Lipinski definition) is 1. The van der Waals surface area contributed by atoms with Gasteiger partial charge in [-0.3, -0.25) is 9.67 Å². The first-order chi connectivity index (χ1) is 9.43. The van der Waals surface area contributed by atoms with Gasteiger partial charge in [0.15, 0.2) is 0 Å². The van der Waals surface area contributed by atoms with E-state index in [2.05, 4.69) is 26.0 Å². The van der Waals surface area contributed by atoms with E-state index < -0.39 is 6.10 Å². The molecule has 108 valence electrons. The number of hydrogen-bond acceptors (Lipinski definition) is 3. The minimum Gasteiger partial charge on any atom is -0.388 e. The van der Waals surface area contributed by atoms with Crippen molar-refractivity contribution in [2.24, 2.45) is 0 Å². The van der Waals surface area contributed by atoms with Crippen molar-refractivity contribution >= 4 is 15.9 Å². The largest absolute Gasteiger partial charge is 0.388 e. The molecule has 0 fully saturated rings. The fourth-order valence-electron chi connectivity index (χ4n) is 2.41. The zero-order valence-electron chi connectivity index (χ0n) is 12.3. The third-order valence-corrected chi connectivity index (χ3v) is 4.50. The van der Waals surface area contributed by atoms with Crippen LogP contribution in [0.2, 0.25) is 0 Å². The molecule has 0 aliphatic heterocycles. The first kappa shape index (κ1) is 15.2. The average Bonchev–Trinajstić information content (AvgIpc) is 2.66. The second-order valence-electron chi connectivity index (χ2n) is 5.01. The lowest BCUT2D eigenvalue weighted by molar-refractivity contribution is 0.174. The molecule has 2 heterocycles. The van der Waals surface area contributed by atoms with E-state index in [4.69, 9.17) is 0 Å². The molecule has 5 heteroatoms. The van der Waals surface area contributed by atoms with Crippen LogP contribution in [0, 0.1) is 20.8 Å². The van der Waals surface area contributed by atoms with Crippen LogP contribution in [-0.4, -0.2) is 19.9 Å². The van der Waals surface area contributed by atoms with Crippen LogP contribution in [0.3, 0.4) is 0 Å². The summed E-state index contributed by atoms with van der Waals surface area (Å²) in [5, 5.41) is 15.0.